The molecule has 0 bridgehead atoms. The van der Waals surface area contributed by atoms with E-state index in [1.165, 1.54) is 4.88 Å². The van der Waals surface area contributed by atoms with Gasteiger partial charge in [0.15, 0.2) is 0 Å². The molecule has 1 N–H and O–H groups in total. The van der Waals surface area contributed by atoms with Crippen LogP contribution in [0.5, 0.6) is 0 Å². The van der Waals surface area contributed by atoms with Crippen molar-refractivity contribution in [2.45, 2.75) is 38.8 Å². The van der Waals surface area contributed by atoms with Crippen LogP contribution in [0, 0.1) is 0 Å². The molecule has 17 heavy (non-hydrogen) atoms. The van der Waals surface area contributed by atoms with E-state index >= 15 is 0 Å². The standard InChI is InChI=1S/C12H19N3OS/c1-9(12-7-13-8-17-12)14-11-3-5-15(6-4-11)10(2)16/h7-9,11,14H,3-6H2,1-2H3. The second-order valence-electron chi connectivity index (χ2n) is 4.57. The van der Waals surface area contributed by atoms with Crippen molar-refractivity contribution in [2.24, 2.45) is 0 Å². The Morgan fingerprint density at radius 3 is 2.82 bits per heavy atom. The van der Waals surface area contributed by atoms with Crippen LogP contribution in [0.1, 0.15) is 37.6 Å². The predicted molar refractivity (Wildman–Crippen MR) is 68.9 cm³/mol. The van der Waals surface area contributed by atoms with Crippen LogP contribution in [-0.4, -0.2) is 34.9 Å². The number of carbonyl (C=O) groups is 1. The first-order chi connectivity index (χ1) is 8.16. The van der Waals surface area contributed by atoms with Gasteiger partial charge in [-0.25, -0.2) is 0 Å². The van der Waals surface area contributed by atoms with Gasteiger partial charge < -0.3 is 10.2 Å². The Morgan fingerprint density at radius 1 is 1.59 bits per heavy atom. The van der Waals surface area contributed by atoms with Crippen LogP contribution in [0.2, 0.25) is 0 Å². The average Bonchev–Trinajstić information content (AvgIpc) is 2.83. The molecule has 1 saturated heterocycles. The third-order valence-corrected chi connectivity index (χ3v) is 4.26. The predicted octanol–water partition coefficient (Wildman–Crippen LogP) is 1.80. The molecule has 1 amide bonds. The summed E-state index contributed by atoms with van der Waals surface area (Å²) in [4.78, 5) is 18.5. The van der Waals surface area contributed by atoms with Gasteiger partial charge in [-0.1, -0.05) is 0 Å². The fourth-order valence-electron chi connectivity index (χ4n) is 2.24. The summed E-state index contributed by atoms with van der Waals surface area (Å²) in [5.74, 6) is 0.193. The minimum atomic E-state index is 0.193. The molecule has 0 saturated carbocycles. The summed E-state index contributed by atoms with van der Waals surface area (Å²) in [6.45, 7) is 5.57. The molecule has 0 spiro atoms. The third-order valence-electron chi connectivity index (χ3n) is 3.30. The number of hydrogen-bond acceptors (Lipinski definition) is 4. The molecule has 1 aliphatic heterocycles. The Morgan fingerprint density at radius 2 is 2.29 bits per heavy atom. The van der Waals surface area contributed by atoms with Crippen LogP contribution >= 0.6 is 11.3 Å². The maximum absolute atomic E-state index is 11.2. The number of piperidine rings is 1. The maximum atomic E-state index is 11.2. The van der Waals surface area contributed by atoms with Gasteiger partial charge in [0, 0.05) is 43.2 Å². The highest BCUT2D eigenvalue weighted by Crippen LogP contribution is 2.19. The lowest BCUT2D eigenvalue weighted by Gasteiger charge is -2.33. The van der Waals surface area contributed by atoms with Crippen LogP contribution in [0.25, 0.3) is 0 Å². The second kappa shape index (κ2) is 5.60. The number of carbonyl (C=O) groups excluding carboxylic acids is 1. The molecule has 1 unspecified atom stereocenters. The molecule has 0 aromatic carbocycles. The molecule has 1 fully saturated rings. The Kier molecular flexibility index (Phi) is 4.12. The zero-order chi connectivity index (χ0) is 12.3. The first-order valence-electron chi connectivity index (χ1n) is 6.06. The van der Waals surface area contributed by atoms with Gasteiger partial charge in [-0.15, -0.1) is 11.3 Å². The Balaban J connectivity index is 1.80. The van der Waals surface area contributed by atoms with Crippen molar-refractivity contribution < 1.29 is 4.79 Å². The Hall–Kier alpha value is -0.940. The molecule has 4 nitrogen and oxygen atoms in total. The first-order valence-corrected chi connectivity index (χ1v) is 6.94. The van der Waals surface area contributed by atoms with Gasteiger partial charge in [0.05, 0.1) is 5.51 Å². The molecule has 0 radical (unpaired) electrons. The van der Waals surface area contributed by atoms with Gasteiger partial charge in [0.1, 0.15) is 0 Å². The van der Waals surface area contributed by atoms with Gasteiger partial charge in [0.25, 0.3) is 0 Å². The summed E-state index contributed by atoms with van der Waals surface area (Å²) < 4.78 is 0. The molecule has 2 heterocycles. The SMILES string of the molecule is CC(=O)N1CCC(NC(C)c2cncs2)CC1. The van der Waals surface area contributed by atoms with Crippen molar-refractivity contribution in [3.05, 3.63) is 16.6 Å². The minimum Gasteiger partial charge on any atom is -0.343 e. The number of nitrogens with one attached hydrogen (secondary N) is 1. The summed E-state index contributed by atoms with van der Waals surface area (Å²) in [6.07, 6.45) is 4.01. The van der Waals surface area contributed by atoms with Crippen molar-refractivity contribution in [3.8, 4) is 0 Å². The quantitative estimate of drug-likeness (QED) is 0.893. The number of thiazole rings is 1. The van der Waals surface area contributed by atoms with E-state index in [2.05, 4.69) is 17.2 Å². The Labute approximate surface area is 106 Å². The highest BCUT2D eigenvalue weighted by Gasteiger charge is 2.22. The number of hydrogen-bond donors (Lipinski definition) is 1. The fraction of sp³-hybridized carbons (Fsp3) is 0.667. The molecule has 1 aromatic heterocycles. The molecule has 94 valence electrons. The van der Waals surface area contributed by atoms with Crippen molar-refractivity contribution in [1.29, 1.82) is 0 Å². The van der Waals surface area contributed by atoms with Crippen LogP contribution < -0.4 is 5.32 Å². The average molecular weight is 253 g/mol. The van der Waals surface area contributed by atoms with Crippen molar-refractivity contribution in [2.75, 3.05) is 13.1 Å². The van der Waals surface area contributed by atoms with Crippen LogP contribution in [0.3, 0.4) is 0 Å². The van der Waals surface area contributed by atoms with Gasteiger partial charge in [0.2, 0.25) is 5.91 Å². The van der Waals surface area contributed by atoms with Gasteiger partial charge in [-0.05, 0) is 19.8 Å². The lowest BCUT2D eigenvalue weighted by atomic mass is 10.0. The largest absolute Gasteiger partial charge is 0.343 e. The molecule has 0 aliphatic carbocycles. The normalized spacial score (nSPS) is 19.3. The van der Waals surface area contributed by atoms with E-state index in [4.69, 9.17) is 0 Å². The zero-order valence-electron chi connectivity index (χ0n) is 10.3. The molecule has 1 atom stereocenters. The van der Waals surface area contributed by atoms with Crippen molar-refractivity contribution in [3.63, 3.8) is 0 Å². The maximum Gasteiger partial charge on any atom is 0.219 e. The number of rotatable bonds is 3. The Bertz CT molecular complexity index is 358. The molecular formula is C12H19N3OS. The number of amides is 1. The van der Waals surface area contributed by atoms with Crippen molar-refractivity contribution in [1.82, 2.24) is 15.2 Å². The molecule has 1 aromatic rings. The van der Waals surface area contributed by atoms with E-state index in [1.54, 1.807) is 18.3 Å². The smallest absolute Gasteiger partial charge is 0.219 e. The number of nitrogens with zero attached hydrogens (tertiary/aromatic N) is 2. The van der Waals surface area contributed by atoms with E-state index in [0.29, 0.717) is 12.1 Å². The van der Waals surface area contributed by atoms with Crippen LogP contribution in [0.15, 0.2) is 11.7 Å². The lowest BCUT2D eigenvalue weighted by molar-refractivity contribution is -0.129. The van der Waals surface area contributed by atoms with E-state index in [1.807, 2.05) is 16.6 Å². The fourth-order valence-corrected chi connectivity index (χ4v) is 2.87. The molecule has 5 heteroatoms. The van der Waals surface area contributed by atoms with Gasteiger partial charge in [-0.3, -0.25) is 9.78 Å². The third kappa shape index (κ3) is 3.26. The highest BCUT2D eigenvalue weighted by molar-refractivity contribution is 7.09. The summed E-state index contributed by atoms with van der Waals surface area (Å²) in [5.41, 5.74) is 1.87. The number of aromatic nitrogens is 1. The highest BCUT2D eigenvalue weighted by atomic mass is 32.1. The minimum absolute atomic E-state index is 0.193. The first kappa shape index (κ1) is 12.5. The van der Waals surface area contributed by atoms with Gasteiger partial charge >= 0.3 is 0 Å². The summed E-state index contributed by atoms with van der Waals surface area (Å²) in [7, 11) is 0. The topological polar surface area (TPSA) is 45.2 Å². The summed E-state index contributed by atoms with van der Waals surface area (Å²) >= 11 is 1.69. The monoisotopic (exact) mass is 253 g/mol. The van der Waals surface area contributed by atoms with E-state index < -0.39 is 0 Å². The van der Waals surface area contributed by atoms with E-state index in [9.17, 15) is 4.79 Å². The second-order valence-corrected chi connectivity index (χ2v) is 5.49. The van der Waals surface area contributed by atoms with Crippen LogP contribution in [-0.2, 0) is 4.79 Å². The molecule has 2 rings (SSSR count). The van der Waals surface area contributed by atoms with Gasteiger partial charge in [-0.2, -0.15) is 0 Å². The zero-order valence-corrected chi connectivity index (χ0v) is 11.2. The van der Waals surface area contributed by atoms with Crippen LogP contribution in [0.4, 0.5) is 0 Å². The molecular weight excluding hydrogens is 234 g/mol. The lowest BCUT2D eigenvalue weighted by Crippen LogP contribution is -2.44. The van der Waals surface area contributed by atoms with E-state index in [-0.39, 0.29) is 5.91 Å². The molecule has 1 aliphatic rings. The summed E-state index contributed by atoms with van der Waals surface area (Å²) in [6, 6.07) is 0.874. The van der Waals surface area contributed by atoms with Crippen molar-refractivity contribution >= 4 is 17.2 Å². The number of likely N-dealkylation sites (tertiary alicyclic amines) is 1. The summed E-state index contributed by atoms with van der Waals surface area (Å²) in [5, 5.41) is 3.61. The van der Waals surface area contributed by atoms with E-state index in [0.717, 1.165) is 25.9 Å².